The summed E-state index contributed by atoms with van der Waals surface area (Å²) < 4.78 is 0. The molecular formula is C14H22. The number of hydrogen-bond acceptors (Lipinski definition) is 0. The summed E-state index contributed by atoms with van der Waals surface area (Å²) in [5, 5.41) is 0. The Morgan fingerprint density at radius 2 is 1.50 bits per heavy atom. The second-order valence-corrected chi connectivity index (χ2v) is 6.39. The molecule has 0 aromatic carbocycles. The van der Waals surface area contributed by atoms with Gasteiger partial charge in [0.15, 0.2) is 0 Å². The third-order valence-electron chi connectivity index (χ3n) is 4.79. The summed E-state index contributed by atoms with van der Waals surface area (Å²) in [5.74, 6) is 0. The van der Waals surface area contributed by atoms with Crippen LogP contribution in [0.5, 0.6) is 0 Å². The maximum atomic E-state index is 2.46. The Kier molecular flexibility index (Phi) is 1.68. The van der Waals surface area contributed by atoms with E-state index in [0.29, 0.717) is 16.2 Å². The van der Waals surface area contributed by atoms with Crippen LogP contribution >= 0.6 is 0 Å². The molecular weight excluding hydrogens is 168 g/mol. The molecule has 0 amide bonds. The molecule has 0 atom stereocenters. The molecule has 0 saturated heterocycles. The van der Waals surface area contributed by atoms with Crippen molar-refractivity contribution >= 4 is 0 Å². The zero-order valence-electron chi connectivity index (χ0n) is 10.4. The molecule has 1 spiro atoms. The predicted molar refractivity (Wildman–Crippen MR) is 62.1 cm³/mol. The SMILES string of the molecule is CC1=C(C)C2(C=C1)C(C)(C)CC2(C)C. The first-order valence-electron chi connectivity index (χ1n) is 5.62. The minimum atomic E-state index is 0.337. The van der Waals surface area contributed by atoms with Gasteiger partial charge in [-0.05, 0) is 31.1 Å². The van der Waals surface area contributed by atoms with Crippen LogP contribution in [-0.2, 0) is 0 Å². The highest BCUT2D eigenvalue weighted by Crippen LogP contribution is 2.73. The van der Waals surface area contributed by atoms with Crippen LogP contribution in [0.25, 0.3) is 0 Å². The molecule has 0 N–H and O–H groups in total. The first-order valence-corrected chi connectivity index (χ1v) is 5.62. The maximum Gasteiger partial charge on any atom is 0.0199 e. The van der Waals surface area contributed by atoms with Crippen molar-refractivity contribution in [1.82, 2.24) is 0 Å². The Bertz CT molecular complexity index is 323. The fraction of sp³-hybridized carbons (Fsp3) is 0.714. The van der Waals surface area contributed by atoms with E-state index in [9.17, 15) is 0 Å². The number of rotatable bonds is 0. The highest BCUT2D eigenvalue weighted by atomic mass is 14.7. The van der Waals surface area contributed by atoms with Gasteiger partial charge in [-0.3, -0.25) is 0 Å². The summed E-state index contributed by atoms with van der Waals surface area (Å²) in [6.07, 6.45) is 6.11. The largest absolute Gasteiger partial charge is 0.0729 e. The van der Waals surface area contributed by atoms with Gasteiger partial charge in [0.05, 0.1) is 0 Å². The zero-order valence-corrected chi connectivity index (χ0v) is 10.4. The van der Waals surface area contributed by atoms with E-state index in [0.717, 1.165) is 0 Å². The van der Waals surface area contributed by atoms with Gasteiger partial charge in [-0.15, -0.1) is 0 Å². The fourth-order valence-electron chi connectivity index (χ4n) is 4.47. The molecule has 1 saturated carbocycles. The monoisotopic (exact) mass is 190 g/mol. The molecule has 0 aromatic heterocycles. The average molecular weight is 190 g/mol. The van der Waals surface area contributed by atoms with Crippen LogP contribution in [0.2, 0.25) is 0 Å². The lowest BCUT2D eigenvalue weighted by atomic mass is 9.37. The molecule has 0 aromatic rings. The quantitative estimate of drug-likeness (QED) is 0.533. The Morgan fingerprint density at radius 1 is 1.00 bits per heavy atom. The normalized spacial score (nSPS) is 31.0. The highest BCUT2D eigenvalue weighted by Gasteiger charge is 2.65. The molecule has 78 valence electrons. The molecule has 2 rings (SSSR count). The molecule has 14 heavy (non-hydrogen) atoms. The van der Waals surface area contributed by atoms with Crippen molar-refractivity contribution < 1.29 is 0 Å². The lowest BCUT2D eigenvalue weighted by molar-refractivity contribution is -0.117. The van der Waals surface area contributed by atoms with Crippen LogP contribution in [0.15, 0.2) is 23.3 Å². The van der Waals surface area contributed by atoms with Crippen molar-refractivity contribution in [3.8, 4) is 0 Å². The van der Waals surface area contributed by atoms with Gasteiger partial charge in [-0.1, -0.05) is 51.0 Å². The van der Waals surface area contributed by atoms with E-state index < -0.39 is 0 Å². The highest BCUT2D eigenvalue weighted by molar-refractivity contribution is 5.46. The molecule has 0 bridgehead atoms. The molecule has 2 aliphatic carbocycles. The number of hydrogen-bond donors (Lipinski definition) is 0. The van der Waals surface area contributed by atoms with Crippen LogP contribution < -0.4 is 0 Å². The summed E-state index contributed by atoms with van der Waals surface area (Å²) in [6, 6.07) is 0. The van der Waals surface area contributed by atoms with E-state index in [2.05, 4.69) is 53.7 Å². The Labute approximate surface area is 88.1 Å². The Balaban J connectivity index is 2.56. The Morgan fingerprint density at radius 3 is 1.71 bits per heavy atom. The van der Waals surface area contributed by atoms with Crippen LogP contribution in [0.1, 0.15) is 48.0 Å². The van der Waals surface area contributed by atoms with Crippen molar-refractivity contribution in [1.29, 1.82) is 0 Å². The van der Waals surface area contributed by atoms with Gasteiger partial charge in [0.2, 0.25) is 0 Å². The second-order valence-electron chi connectivity index (χ2n) is 6.39. The molecule has 0 aliphatic heterocycles. The van der Waals surface area contributed by atoms with E-state index in [1.807, 2.05) is 0 Å². The lowest BCUT2D eigenvalue weighted by Crippen LogP contribution is -2.59. The molecule has 2 aliphatic rings. The molecule has 0 heterocycles. The summed E-state index contributed by atoms with van der Waals surface area (Å²) in [5.41, 5.74) is 4.29. The number of allylic oxidation sites excluding steroid dienone is 4. The second kappa shape index (κ2) is 2.35. The summed E-state index contributed by atoms with van der Waals surface area (Å²) in [6.45, 7) is 14.2. The molecule has 0 unspecified atom stereocenters. The fourth-order valence-corrected chi connectivity index (χ4v) is 4.47. The van der Waals surface area contributed by atoms with E-state index >= 15 is 0 Å². The van der Waals surface area contributed by atoms with Gasteiger partial charge in [-0.25, -0.2) is 0 Å². The first-order chi connectivity index (χ1) is 6.25. The first kappa shape index (κ1) is 10.0. The molecule has 0 heteroatoms. The van der Waals surface area contributed by atoms with Crippen LogP contribution in [0.4, 0.5) is 0 Å². The minimum absolute atomic E-state index is 0.337. The van der Waals surface area contributed by atoms with Gasteiger partial charge in [0.25, 0.3) is 0 Å². The molecule has 0 nitrogen and oxygen atoms in total. The van der Waals surface area contributed by atoms with Gasteiger partial charge >= 0.3 is 0 Å². The summed E-state index contributed by atoms with van der Waals surface area (Å²) >= 11 is 0. The van der Waals surface area contributed by atoms with Crippen molar-refractivity contribution in [2.45, 2.75) is 48.0 Å². The zero-order chi connectivity index (χ0) is 10.8. The van der Waals surface area contributed by atoms with Crippen molar-refractivity contribution in [2.75, 3.05) is 0 Å². The van der Waals surface area contributed by atoms with E-state index in [-0.39, 0.29) is 0 Å². The van der Waals surface area contributed by atoms with Gasteiger partial charge in [-0.2, -0.15) is 0 Å². The standard InChI is InChI=1S/C14H22/c1-10-7-8-14(11(10)2)12(3,4)9-13(14,5)6/h7-8H,9H2,1-6H3. The third kappa shape index (κ3) is 0.809. The summed E-state index contributed by atoms with van der Waals surface area (Å²) in [4.78, 5) is 0. The van der Waals surface area contributed by atoms with Crippen molar-refractivity contribution in [3.05, 3.63) is 23.3 Å². The van der Waals surface area contributed by atoms with Crippen LogP contribution in [0, 0.1) is 16.2 Å². The molecule has 1 fully saturated rings. The minimum Gasteiger partial charge on any atom is -0.0729 e. The predicted octanol–water partition coefficient (Wildman–Crippen LogP) is 4.34. The van der Waals surface area contributed by atoms with Crippen LogP contribution in [-0.4, -0.2) is 0 Å². The van der Waals surface area contributed by atoms with E-state index in [1.54, 1.807) is 5.57 Å². The van der Waals surface area contributed by atoms with Crippen molar-refractivity contribution in [2.24, 2.45) is 16.2 Å². The Hall–Kier alpha value is -0.520. The van der Waals surface area contributed by atoms with Gasteiger partial charge in [0.1, 0.15) is 0 Å². The lowest BCUT2D eigenvalue weighted by Gasteiger charge is -2.66. The van der Waals surface area contributed by atoms with E-state index in [1.165, 1.54) is 12.0 Å². The van der Waals surface area contributed by atoms with Gasteiger partial charge < -0.3 is 0 Å². The average Bonchev–Trinajstić information content (AvgIpc) is 2.29. The van der Waals surface area contributed by atoms with Crippen LogP contribution in [0.3, 0.4) is 0 Å². The topological polar surface area (TPSA) is 0 Å². The smallest absolute Gasteiger partial charge is 0.0199 e. The van der Waals surface area contributed by atoms with E-state index in [4.69, 9.17) is 0 Å². The third-order valence-corrected chi connectivity index (χ3v) is 4.79. The molecule has 0 radical (unpaired) electrons. The maximum absolute atomic E-state index is 2.46. The van der Waals surface area contributed by atoms with Crippen molar-refractivity contribution in [3.63, 3.8) is 0 Å². The summed E-state index contributed by atoms with van der Waals surface area (Å²) in [7, 11) is 0. The van der Waals surface area contributed by atoms with Gasteiger partial charge in [0, 0.05) is 5.41 Å².